The summed E-state index contributed by atoms with van der Waals surface area (Å²) >= 11 is 0. The van der Waals surface area contributed by atoms with Crippen LogP contribution in [0.2, 0.25) is 0 Å². The number of benzene rings is 3. The molecule has 3 rings (SSSR count). The van der Waals surface area contributed by atoms with Crippen LogP contribution in [0.25, 0.3) is 22.3 Å². The molecule has 0 aliphatic carbocycles. The average Bonchev–Trinajstić information content (AvgIpc) is 2.63. The van der Waals surface area contributed by atoms with E-state index in [1.54, 1.807) is 6.07 Å². The molecule has 0 nitrogen and oxygen atoms in total. The molecule has 0 aliphatic heterocycles. The molecule has 0 saturated carbocycles. The fourth-order valence-electron chi connectivity index (χ4n) is 3.10. The number of halogens is 1. The summed E-state index contributed by atoms with van der Waals surface area (Å²) in [6, 6.07) is 22.0. The van der Waals surface area contributed by atoms with Gasteiger partial charge in [-0.15, -0.1) is 0 Å². The maximum atomic E-state index is 14.3. The highest BCUT2D eigenvalue weighted by atomic mass is 19.1. The van der Waals surface area contributed by atoms with Crippen LogP contribution in [0.5, 0.6) is 0 Å². The molecule has 0 atom stereocenters. The van der Waals surface area contributed by atoms with E-state index in [-0.39, 0.29) is 5.82 Å². The Bertz CT molecular complexity index is 816. The minimum absolute atomic E-state index is 0.175. The van der Waals surface area contributed by atoms with Gasteiger partial charge >= 0.3 is 0 Å². The zero-order valence-electron chi connectivity index (χ0n) is 14.4. The monoisotopic (exact) mass is 318 g/mol. The SMILES string of the molecule is CCCc1ccc(-c2cc(CC)ccc2-c2ccccc2F)cc1. The van der Waals surface area contributed by atoms with E-state index in [0.717, 1.165) is 36.0 Å². The predicted molar refractivity (Wildman–Crippen MR) is 101 cm³/mol. The Balaban J connectivity index is 2.13. The minimum Gasteiger partial charge on any atom is -0.206 e. The van der Waals surface area contributed by atoms with Crippen molar-refractivity contribution in [3.63, 3.8) is 0 Å². The summed E-state index contributed by atoms with van der Waals surface area (Å²) in [5.74, 6) is -0.175. The first-order valence-corrected chi connectivity index (χ1v) is 8.70. The second kappa shape index (κ2) is 7.44. The van der Waals surface area contributed by atoms with Crippen LogP contribution in [-0.2, 0) is 12.8 Å². The molecule has 0 bridgehead atoms. The van der Waals surface area contributed by atoms with Crippen molar-refractivity contribution in [3.8, 4) is 22.3 Å². The molecule has 0 N–H and O–H groups in total. The molecule has 0 aliphatic rings. The van der Waals surface area contributed by atoms with Crippen LogP contribution in [0, 0.1) is 5.82 Å². The third kappa shape index (κ3) is 3.41. The van der Waals surface area contributed by atoms with Gasteiger partial charge < -0.3 is 0 Å². The third-order valence-corrected chi connectivity index (χ3v) is 4.46. The maximum absolute atomic E-state index is 14.3. The molecule has 0 saturated heterocycles. The van der Waals surface area contributed by atoms with E-state index < -0.39 is 0 Å². The zero-order chi connectivity index (χ0) is 16.9. The van der Waals surface area contributed by atoms with Crippen LogP contribution >= 0.6 is 0 Å². The minimum atomic E-state index is -0.175. The summed E-state index contributed by atoms with van der Waals surface area (Å²) in [7, 11) is 0. The summed E-state index contributed by atoms with van der Waals surface area (Å²) in [6.07, 6.45) is 3.21. The van der Waals surface area contributed by atoms with Crippen molar-refractivity contribution in [2.45, 2.75) is 33.1 Å². The molecule has 0 aromatic heterocycles. The summed E-state index contributed by atoms with van der Waals surface area (Å²) in [5.41, 5.74) is 6.47. The molecule has 0 unspecified atom stereocenters. The van der Waals surface area contributed by atoms with Gasteiger partial charge in [-0.25, -0.2) is 4.39 Å². The molecule has 122 valence electrons. The molecular weight excluding hydrogens is 295 g/mol. The summed E-state index contributed by atoms with van der Waals surface area (Å²) in [6.45, 7) is 4.33. The number of rotatable bonds is 5. The van der Waals surface area contributed by atoms with Gasteiger partial charge in [0.05, 0.1) is 0 Å². The standard InChI is InChI=1S/C23H23F/c1-3-7-18-10-13-19(14-11-18)22-16-17(4-2)12-15-20(22)21-8-5-6-9-23(21)24/h5-6,8-16H,3-4,7H2,1-2H3. The normalized spacial score (nSPS) is 10.8. The third-order valence-electron chi connectivity index (χ3n) is 4.46. The Morgan fingerprint density at radius 1 is 0.708 bits per heavy atom. The largest absolute Gasteiger partial charge is 0.206 e. The second-order valence-electron chi connectivity index (χ2n) is 6.16. The Morgan fingerprint density at radius 2 is 1.42 bits per heavy atom. The summed E-state index contributed by atoms with van der Waals surface area (Å²) in [4.78, 5) is 0. The van der Waals surface area contributed by atoms with Crippen LogP contribution in [0.4, 0.5) is 4.39 Å². The number of hydrogen-bond acceptors (Lipinski definition) is 0. The van der Waals surface area contributed by atoms with Crippen LogP contribution in [-0.4, -0.2) is 0 Å². The molecule has 3 aromatic rings. The highest BCUT2D eigenvalue weighted by Crippen LogP contribution is 2.34. The molecule has 1 heteroatoms. The van der Waals surface area contributed by atoms with Gasteiger partial charge in [-0.1, -0.05) is 80.9 Å². The van der Waals surface area contributed by atoms with Crippen molar-refractivity contribution in [2.24, 2.45) is 0 Å². The van der Waals surface area contributed by atoms with E-state index in [1.165, 1.54) is 17.2 Å². The fraction of sp³-hybridized carbons (Fsp3) is 0.217. The zero-order valence-corrected chi connectivity index (χ0v) is 14.4. The molecule has 0 amide bonds. The van der Waals surface area contributed by atoms with Gasteiger partial charge in [0.25, 0.3) is 0 Å². The Labute approximate surface area is 144 Å². The van der Waals surface area contributed by atoms with Crippen molar-refractivity contribution in [2.75, 3.05) is 0 Å². The van der Waals surface area contributed by atoms with Crippen LogP contribution in [0.15, 0.2) is 66.7 Å². The van der Waals surface area contributed by atoms with E-state index in [9.17, 15) is 4.39 Å². The van der Waals surface area contributed by atoms with E-state index in [1.807, 2.05) is 18.2 Å². The summed E-state index contributed by atoms with van der Waals surface area (Å²) < 4.78 is 14.3. The van der Waals surface area contributed by atoms with Gasteiger partial charge in [0.15, 0.2) is 0 Å². The highest BCUT2D eigenvalue weighted by molar-refractivity contribution is 5.84. The number of aryl methyl sites for hydroxylation is 2. The molecule has 0 heterocycles. The molecule has 0 radical (unpaired) electrons. The lowest BCUT2D eigenvalue weighted by molar-refractivity contribution is 0.631. The van der Waals surface area contributed by atoms with Crippen molar-refractivity contribution < 1.29 is 4.39 Å². The van der Waals surface area contributed by atoms with Gasteiger partial charge in [0, 0.05) is 5.56 Å². The maximum Gasteiger partial charge on any atom is 0.131 e. The molecule has 0 spiro atoms. The van der Waals surface area contributed by atoms with Gasteiger partial charge in [0.1, 0.15) is 5.82 Å². The van der Waals surface area contributed by atoms with Gasteiger partial charge in [0.2, 0.25) is 0 Å². The van der Waals surface area contributed by atoms with Crippen molar-refractivity contribution in [3.05, 3.63) is 83.7 Å². The predicted octanol–water partition coefficient (Wildman–Crippen LogP) is 6.67. The van der Waals surface area contributed by atoms with E-state index in [4.69, 9.17) is 0 Å². The number of hydrogen-bond donors (Lipinski definition) is 0. The molecule has 3 aromatic carbocycles. The topological polar surface area (TPSA) is 0 Å². The second-order valence-corrected chi connectivity index (χ2v) is 6.16. The lowest BCUT2D eigenvalue weighted by Gasteiger charge is -2.13. The first-order chi connectivity index (χ1) is 11.7. The van der Waals surface area contributed by atoms with E-state index in [0.29, 0.717) is 5.56 Å². The average molecular weight is 318 g/mol. The van der Waals surface area contributed by atoms with Crippen LogP contribution < -0.4 is 0 Å². The summed E-state index contributed by atoms with van der Waals surface area (Å²) in [5, 5.41) is 0. The Kier molecular flexibility index (Phi) is 5.10. The van der Waals surface area contributed by atoms with Crippen LogP contribution in [0.1, 0.15) is 31.4 Å². The lowest BCUT2D eigenvalue weighted by atomic mass is 9.91. The van der Waals surface area contributed by atoms with E-state index >= 15 is 0 Å². The Morgan fingerprint density at radius 3 is 2.08 bits per heavy atom. The van der Waals surface area contributed by atoms with Gasteiger partial charge in [-0.2, -0.15) is 0 Å². The molecular formula is C23H23F. The molecule has 24 heavy (non-hydrogen) atoms. The van der Waals surface area contributed by atoms with Crippen molar-refractivity contribution in [1.29, 1.82) is 0 Å². The van der Waals surface area contributed by atoms with Gasteiger partial charge in [-0.3, -0.25) is 0 Å². The smallest absolute Gasteiger partial charge is 0.131 e. The molecule has 0 fully saturated rings. The first kappa shape index (κ1) is 16.4. The lowest BCUT2D eigenvalue weighted by Crippen LogP contribution is -1.92. The van der Waals surface area contributed by atoms with E-state index in [2.05, 4.69) is 50.2 Å². The Hall–Kier alpha value is -2.41. The first-order valence-electron chi connectivity index (χ1n) is 8.70. The quantitative estimate of drug-likeness (QED) is 0.492. The van der Waals surface area contributed by atoms with Crippen LogP contribution in [0.3, 0.4) is 0 Å². The fourth-order valence-corrected chi connectivity index (χ4v) is 3.10. The van der Waals surface area contributed by atoms with Crippen molar-refractivity contribution >= 4 is 0 Å². The highest BCUT2D eigenvalue weighted by Gasteiger charge is 2.11. The van der Waals surface area contributed by atoms with Gasteiger partial charge in [-0.05, 0) is 46.7 Å². The van der Waals surface area contributed by atoms with Crippen molar-refractivity contribution in [1.82, 2.24) is 0 Å².